The molecule has 0 fully saturated rings. The van der Waals surface area contributed by atoms with Crippen molar-refractivity contribution in [2.24, 2.45) is 10.9 Å². The maximum atomic E-state index is 5.30. The molecule has 1 aromatic carbocycles. The van der Waals surface area contributed by atoms with Gasteiger partial charge in [0.05, 0.1) is 12.5 Å². The predicted molar refractivity (Wildman–Crippen MR) is 55.9 cm³/mol. The van der Waals surface area contributed by atoms with Gasteiger partial charge in [0.1, 0.15) is 5.76 Å². The van der Waals surface area contributed by atoms with Crippen LogP contribution in [-0.4, -0.2) is 6.21 Å². The summed E-state index contributed by atoms with van der Waals surface area (Å²) < 4.78 is 5.30. The van der Waals surface area contributed by atoms with E-state index in [-0.39, 0.29) is 0 Å². The van der Waals surface area contributed by atoms with Crippen LogP contribution in [0.25, 0.3) is 11.3 Å². The molecule has 1 aromatic heterocycles. The van der Waals surface area contributed by atoms with E-state index in [2.05, 4.69) is 5.10 Å². The molecule has 0 spiro atoms. The van der Waals surface area contributed by atoms with Crippen LogP contribution in [0.5, 0.6) is 0 Å². The van der Waals surface area contributed by atoms with Gasteiger partial charge in [-0.15, -0.1) is 0 Å². The second-order valence-electron chi connectivity index (χ2n) is 2.84. The van der Waals surface area contributed by atoms with E-state index in [1.54, 1.807) is 12.5 Å². The van der Waals surface area contributed by atoms with Crippen LogP contribution in [0.2, 0.25) is 0 Å². The minimum absolute atomic E-state index is 0.820. The van der Waals surface area contributed by atoms with Crippen LogP contribution in [0, 0.1) is 0 Å². The number of rotatable bonds is 2. The van der Waals surface area contributed by atoms with Gasteiger partial charge < -0.3 is 10.3 Å². The van der Waals surface area contributed by atoms with E-state index in [1.165, 1.54) is 0 Å². The zero-order valence-electron chi connectivity index (χ0n) is 7.55. The van der Waals surface area contributed by atoms with Gasteiger partial charge in [-0.1, -0.05) is 24.3 Å². The van der Waals surface area contributed by atoms with E-state index < -0.39 is 0 Å². The fraction of sp³-hybridized carbons (Fsp3) is 0. The highest BCUT2D eigenvalue weighted by Gasteiger charge is 2.04. The third-order valence-corrected chi connectivity index (χ3v) is 1.96. The summed E-state index contributed by atoms with van der Waals surface area (Å²) in [6.07, 6.45) is 3.25. The smallest absolute Gasteiger partial charge is 0.134 e. The number of hydrogen-bond donors (Lipinski definition) is 1. The van der Waals surface area contributed by atoms with E-state index in [4.69, 9.17) is 10.3 Å². The zero-order chi connectivity index (χ0) is 9.80. The summed E-state index contributed by atoms with van der Waals surface area (Å²) in [4.78, 5) is 0. The molecule has 0 unspecified atom stereocenters. The second-order valence-corrected chi connectivity index (χ2v) is 2.84. The molecule has 0 amide bonds. The van der Waals surface area contributed by atoms with Crippen molar-refractivity contribution in [3.05, 3.63) is 48.2 Å². The summed E-state index contributed by atoms with van der Waals surface area (Å²) in [5.74, 6) is 5.94. The van der Waals surface area contributed by atoms with Gasteiger partial charge in [0.2, 0.25) is 0 Å². The van der Waals surface area contributed by atoms with Crippen LogP contribution in [0.4, 0.5) is 0 Å². The highest BCUT2D eigenvalue weighted by atomic mass is 16.3. The molecule has 0 aliphatic rings. The van der Waals surface area contributed by atoms with Gasteiger partial charge in [0.25, 0.3) is 0 Å². The largest absolute Gasteiger partial charge is 0.464 e. The number of hydrogen-bond acceptors (Lipinski definition) is 3. The van der Waals surface area contributed by atoms with E-state index in [9.17, 15) is 0 Å². The molecule has 1 heterocycles. The maximum absolute atomic E-state index is 5.30. The van der Waals surface area contributed by atoms with E-state index >= 15 is 0 Å². The van der Waals surface area contributed by atoms with Gasteiger partial charge in [-0.2, -0.15) is 5.10 Å². The van der Waals surface area contributed by atoms with E-state index in [1.807, 2.05) is 36.4 Å². The van der Waals surface area contributed by atoms with Crippen LogP contribution < -0.4 is 5.84 Å². The fourth-order valence-corrected chi connectivity index (χ4v) is 1.35. The van der Waals surface area contributed by atoms with Gasteiger partial charge >= 0.3 is 0 Å². The van der Waals surface area contributed by atoms with Crippen molar-refractivity contribution >= 4 is 6.21 Å². The highest BCUT2D eigenvalue weighted by molar-refractivity contribution is 5.88. The molecule has 2 rings (SSSR count). The van der Waals surface area contributed by atoms with Crippen molar-refractivity contribution in [3.63, 3.8) is 0 Å². The van der Waals surface area contributed by atoms with Gasteiger partial charge in [0.15, 0.2) is 0 Å². The fourth-order valence-electron chi connectivity index (χ4n) is 1.35. The van der Waals surface area contributed by atoms with Gasteiger partial charge in [-0.25, -0.2) is 0 Å². The van der Waals surface area contributed by atoms with Crippen molar-refractivity contribution in [3.8, 4) is 11.3 Å². The molecule has 2 N–H and O–H groups in total. The molecule has 3 heteroatoms. The first-order valence-corrected chi connectivity index (χ1v) is 4.28. The van der Waals surface area contributed by atoms with Crippen molar-refractivity contribution in [2.75, 3.05) is 0 Å². The molecule has 2 aromatic rings. The molecular formula is C11H10N2O. The van der Waals surface area contributed by atoms with Gasteiger partial charge in [-0.3, -0.25) is 0 Å². The molecule has 0 aliphatic carbocycles. The number of hydrazone groups is 1. The Bertz CT molecular complexity index is 432. The maximum Gasteiger partial charge on any atom is 0.134 e. The highest BCUT2D eigenvalue weighted by Crippen LogP contribution is 2.22. The summed E-state index contributed by atoms with van der Waals surface area (Å²) in [5.41, 5.74) is 1.94. The predicted octanol–water partition coefficient (Wildman–Crippen LogP) is 2.24. The van der Waals surface area contributed by atoms with E-state index in [0.717, 1.165) is 16.9 Å². The lowest BCUT2D eigenvalue weighted by Crippen LogP contribution is -1.89. The molecular weight excluding hydrogens is 176 g/mol. The van der Waals surface area contributed by atoms with Gasteiger partial charge in [-0.05, 0) is 12.1 Å². The second kappa shape index (κ2) is 3.79. The van der Waals surface area contributed by atoms with Crippen molar-refractivity contribution in [1.29, 1.82) is 0 Å². The van der Waals surface area contributed by atoms with Crippen LogP contribution in [0.1, 0.15) is 5.56 Å². The molecule has 0 aliphatic heterocycles. The molecule has 0 saturated heterocycles. The average molecular weight is 186 g/mol. The Balaban J connectivity index is 2.52. The molecule has 0 radical (unpaired) electrons. The third kappa shape index (κ3) is 1.52. The van der Waals surface area contributed by atoms with Crippen LogP contribution in [0.15, 0.2) is 52.2 Å². The first-order chi connectivity index (χ1) is 6.92. The Labute approximate surface area is 81.9 Å². The Kier molecular flexibility index (Phi) is 2.32. The summed E-state index contributed by atoms with van der Waals surface area (Å²) >= 11 is 0. The van der Waals surface area contributed by atoms with Gasteiger partial charge in [0, 0.05) is 11.1 Å². The minimum atomic E-state index is 0.820. The monoisotopic (exact) mass is 186 g/mol. The Morgan fingerprint density at radius 2 is 2.00 bits per heavy atom. The van der Waals surface area contributed by atoms with Crippen molar-refractivity contribution < 1.29 is 4.42 Å². The summed E-state index contributed by atoms with van der Waals surface area (Å²) in [7, 11) is 0. The van der Waals surface area contributed by atoms with E-state index in [0.29, 0.717) is 0 Å². The number of furan rings is 1. The first kappa shape index (κ1) is 8.56. The Morgan fingerprint density at radius 3 is 2.71 bits per heavy atom. The normalized spacial score (nSPS) is 10.9. The molecule has 14 heavy (non-hydrogen) atoms. The van der Waals surface area contributed by atoms with Crippen molar-refractivity contribution in [2.45, 2.75) is 0 Å². The zero-order valence-corrected chi connectivity index (χ0v) is 7.55. The van der Waals surface area contributed by atoms with Crippen molar-refractivity contribution in [1.82, 2.24) is 0 Å². The number of benzene rings is 1. The summed E-state index contributed by atoms with van der Waals surface area (Å²) in [6, 6.07) is 11.5. The summed E-state index contributed by atoms with van der Waals surface area (Å²) in [5, 5.41) is 3.51. The SMILES string of the molecule is NN=Cc1ccccc1-c1ccco1. The lowest BCUT2D eigenvalue weighted by molar-refractivity contribution is 0.582. The molecule has 70 valence electrons. The minimum Gasteiger partial charge on any atom is -0.464 e. The summed E-state index contributed by atoms with van der Waals surface area (Å²) in [6.45, 7) is 0. The lowest BCUT2D eigenvalue weighted by Gasteiger charge is -2.00. The topological polar surface area (TPSA) is 51.5 Å². The first-order valence-electron chi connectivity index (χ1n) is 4.28. The Morgan fingerprint density at radius 1 is 1.14 bits per heavy atom. The average Bonchev–Trinajstić information content (AvgIpc) is 2.72. The van der Waals surface area contributed by atoms with Crippen LogP contribution in [-0.2, 0) is 0 Å². The molecule has 0 atom stereocenters. The lowest BCUT2D eigenvalue weighted by atomic mass is 10.1. The molecule has 0 saturated carbocycles. The third-order valence-electron chi connectivity index (χ3n) is 1.96. The number of nitrogens with zero attached hydrogens (tertiary/aromatic N) is 1. The quantitative estimate of drug-likeness (QED) is 0.444. The number of nitrogens with two attached hydrogens (primary N) is 1. The van der Waals surface area contributed by atoms with Crippen LogP contribution >= 0.6 is 0 Å². The van der Waals surface area contributed by atoms with Crippen LogP contribution in [0.3, 0.4) is 0 Å². The standard InChI is InChI=1S/C11H10N2O/c12-13-8-9-4-1-2-5-10(9)11-6-3-7-14-11/h1-8H,12H2. The molecule has 3 nitrogen and oxygen atoms in total. The molecule has 0 bridgehead atoms. The Hall–Kier alpha value is -2.03.